The van der Waals surface area contributed by atoms with Crippen molar-refractivity contribution >= 4 is 51.9 Å². The quantitative estimate of drug-likeness (QED) is 0.203. The van der Waals surface area contributed by atoms with Gasteiger partial charge in [0.1, 0.15) is 9.88 Å². The first-order valence-corrected chi connectivity index (χ1v) is 14.6. The zero-order valence-corrected chi connectivity index (χ0v) is 24.7. The maximum Gasteiger partial charge on any atom is 0.348 e. The second kappa shape index (κ2) is 14.7. The summed E-state index contributed by atoms with van der Waals surface area (Å²) < 4.78 is 17.3. The molecule has 1 atom stereocenters. The molecule has 216 valence electrons. The molecule has 0 fully saturated rings. The molecule has 1 unspecified atom stereocenters. The van der Waals surface area contributed by atoms with E-state index in [0.717, 1.165) is 24.2 Å². The van der Waals surface area contributed by atoms with E-state index in [2.05, 4.69) is 27.8 Å². The molecule has 3 aromatic heterocycles. The molecule has 2 amide bonds. The molecule has 3 rings (SSSR count). The van der Waals surface area contributed by atoms with Gasteiger partial charge in [0.25, 0.3) is 5.91 Å². The van der Waals surface area contributed by atoms with Crippen LogP contribution >= 0.6 is 23.1 Å². The number of nitrogens with one attached hydrogen (secondary N) is 2. The average Bonchev–Trinajstić information content (AvgIpc) is 3.66. The van der Waals surface area contributed by atoms with E-state index in [1.807, 2.05) is 4.57 Å². The lowest BCUT2D eigenvalue weighted by Gasteiger charge is -2.14. The lowest BCUT2D eigenvalue weighted by atomic mass is 10.1. The molecule has 3 aromatic rings. The zero-order valence-electron chi connectivity index (χ0n) is 23.1. The second-order valence-corrected chi connectivity index (χ2v) is 10.8. The first kappa shape index (κ1) is 30.9. The summed E-state index contributed by atoms with van der Waals surface area (Å²) in [5, 5.41) is 14.1. The van der Waals surface area contributed by atoms with Crippen LogP contribution in [-0.4, -0.2) is 57.0 Å². The largest absolute Gasteiger partial charge is 0.462 e. The number of hydrogen-bond donors (Lipinski definition) is 2. The number of anilines is 1. The lowest BCUT2D eigenvalue weighted by molar-refractivity contribution is -0.115. The highest BCUT2D eigenvalue weighted by Crippen LogP contribution is 2.35. The maximum atomic E-state index is 13.2. The van der Waals surface area contributed by atoms with Gasteiger partial charge < -0.3 is 29.1 Å². The summed E-state index contributed by atoms with van der Waals surface area (Å²) in [6.07, 6.45) is 3.19. The van der Waals surface area contributed by atoms with Crippen LogP contribution in [0.1, 0.15) is 82.5 Å². The standard InChI is InChI=1S/C26H33N5O7S2/c1-6-9-12-31-18(14-27-22(33)17-11-10-13-38-17)29-30-26(31)39-16(5)21(32)28-23-19(24(34)36-7-2)15(4)20(40-23)25(35)37-8-3/h10-11,13,16H,6-9,12,14H2,1-5H3,(H,27,33)(H,28,32). The van der Waals surface area contributed by atoms with Crippen LogP contribution in [0.3, 0.4) is 0 Å². The fourth-order valence-electron chi connectivity index (χ4n) is 3.60. The van der Waals surface area contributed by atoms with Crippen LogP contribution in [0.2, 0.25) is 0 Å². The molecular weight excluding hydrogens is 558 g/mol. The van der Waals surface area contributed by atoms with Gasteiger partial charge in [0, 0.05) is 6.54 Å². The molecular formula is C26H33N5O7S2. The minimum atomic E-state index is -0.640. The van der Waals surface area contributed by atoms with E-state index in [4.69, 9.17) is 13.9 Å². The Morgan fingerprint density at radius 3 is 2.50 bits per heavy atom. The van der Waals surface area contributed by atoms with Gasteiger partial charge in [-0.25, -0.2) is 9.59 Å². The third-order valence-electron chi connectivity index (χ3n) is 5.66. The number of rotatable bonds is 14. The molecule has 0 radical (unpaired) electrons. The Balaban J connectivity index is 1.77. The predicted molar refractivity (Wildman–Crippen MR) is 150 cm³/mol. The van der Waals surface area contributed by atoms with E-state index >= 15 is 0 Å². The maximum absolute atomic E-state index is 13.2. The molecule has 0 saturated heterocycles. The molecule has 0 spiro atoms. The summed E-state index contributed by atoms with van der Waals surface area (Å²) >= 11 is 2.16. The van der Waals surface area contributed by atoms with Crippen LogP contribution in [0, 0.1) is 6.92 Å². The number of esters is 2. The number of ether oxygens (including phenoxy) is 2. The van der Waals surface area contributed by atoms with Gasteiger partial charge in [-0.1, -0.05) is 25.1 Å². The van der Waals surface area contributed by atoms with Crippen molar-refractivity contribution in [2.24, 2.45) is 0 Å². The molecule has 0 aliphatic carbocycles. The third-order valence-corrected chi connectivity index (χ3v) is 7.92. The summed E-state index contributed by atoms with van der Waals surface area (Å²) in [5.41, 5.74) is 0.513. The summed E-state index contributed by atoms with van der Waals surface area (Å²) in [7, 11) is 0. The van der Waals surface area contributed by atoms with Gasteiger partial charge in [0.05, 0.1) is 36.8 Å². The molecule has 0 bridgehead atoms. The van der Waals surface area contributed by atoms with Gasteiger partial charge in [-0.3, -0.25) is 9.59 Å². The lowest BCUT2D eigenvalue weighted by Crippen LogP contribution is -2.25. The van der Waals surface area contributed by atoms with Gasteiger partial charge in [0.15, 0.2) is 16.7 Å². The highest BCUT2D eigenvalue weighted by molar-refractivity contribution is 8.00. The van der Waals surface area contributed by atoms with Crippen molar-refractivity contribution in [2.75, 3.05) is 18.5 Å². The van der Waals surface area contributed by atoms with Crippen LogP contribution in [-0.2, 0) is 27.4 Å². The van der Waals surface area contributed by atoms with Crippen molar-refractivity contribution < 1.29 is 33.1 Å². The molecule has 40 heavy (non-hydrogen) atoms. The van der Waals surface area contributed by atoms with Gasteiger partial charge in [-0.2, -0.15) is 0 Å². The number of nitrogens with zero attached hydrogens (tertiary/aromatic N) is 3. The second-order valence-electron chi connectivity index (χ2n) is 8.51. The van der Waals surface area contributed by atoms with Crippen molar-refractivity contribution in [3.8, 4) is 0 Å². The van der Waals surface area contributed by atoms with Gasteiger partial charge >= 0.3 is 11.9 Å². The van der Waals surface area contributed by atoms with E-state index in [1.54, 1.807) is 39.8 Å². The Bertz CT molecular complexity index is 1330. The van der Waals surface area contributed by atoms with Crippen molar-refractivity contribution in [2.45, 2.75) is 71.0 Å². The Labute approximate surface area is 240 Å². The minimum absolute atomic E-state index is 0.126. The number of thioether (sulfide) groups is 1. The van der Waals surface area contributed by atoms with Gasteiger partial charge in [-0.05, 0) is 51.8 Å². The van der Waals surface area contributed by atoms with E-state index in [9.17, 15) is 19.2 Å². The van der Waals surface area contributed by atoms with Crippen LogP contribution < -0.4 is 10.6 Å². The van der Waals surface area contributed by atoms with Crippen LogP contribution in [0.5, 0.6) is 0 Å². The Hall–Kier alpha value is -3.65. The highest BCUT2D eigenvalue weighted by Gasteiger charge is 2.29. The minimum Gasteiger partial charge on any atom is -0.462 e. The van der Waals surface area contributed by atoms with E-state index in [-0.39, 0.29) is 46.9 Å². The number of carbonyl (C=O) groups excluding carboxylic acids is 4. The van der Waals surface area contributed by atoms with Gasteiger partial charge in [0.2, 0.25) is 5.91 Å². The SMILES string of the molecule is CCCCn1c(CNC(=O)c2ccco2)nnc1SC(C)C(=O)Nc1sc(C(=O)OCC)c(C)c1C(=O)OCC. The Kier molecular flexibility index (Phi) is 11.3. The number of furan rings is 1. The summed E-state index contributed by atoms with van der Waals surface area (Å²) in [5.74, 6) is -1.25. The first-order valence-electron chi connectivity index (χ1n) is 12.9. The number of carbonyl (C=O) groups is 4. The summed E-state index contributed by atoms with van der Waals surface area (Å²) in [6.45, 7) is 9.78. The fourth-order valence-corrected chi connectivity index (χ4v) is 5.58. The van der Waals surface area contributed by atoms with Crippen molar-refractivity contribution in [3.05, 3.63) is 46.0 Å². The smallest absolute Gasteiger partial charge is 0.348 e. The number of unbranched alkanes of at least 4 members (excludes halogenated alkanes) is 1. The molecule has 0 aliphatic heterocycles. The zero-order chi connectivity index (χ0) is 29.2. The van der Waals surface area contributed by atoms with Crippen LogP contribution in [0.25, 0.3) is 0 Å². The molecule has 0 aliphatic rings. The average molecular weight is 592 g/mol. The normalized spacial score (nSPS) is 11.6. The number of amides is 2. The van der Waals surface area contributed by atoms with Gasteiger partial charge in [-0.15, -0.1) is 21.5 Å². The molecule has 3 heterocycles. The van der Waals surface area contributed by atoms with Crippen molar-refractivity contribution in [1.29, 1.82) is 0 Å². The van der Waals surface area contributed by atoms with E-state index in [0.29, 0.717) is 23.1 Å². The van der Waals surface area contributed by atoms with E-state index in [1.165, 1.54) is 18.0 Å². The topological polar surface area (TPSA) is 155 Å². The molecule has 12 nitrogen and oxygen atoms in total. The van der Waals surface area contributed by atoms with Crippen molar-refractivity contribution in [1.82, 2.24) is 20.1 Å². The molecule has 14 heteroatoms. The molecule has 0 saturated carbocycles. The van der Waals surface area contributed by atoms with Crippen molar-refractivity contribution in [3.63, 3.8) is 0 Å². The first-order chi connectivity index (χ1) is 19.2. The number of hydrogen-bond acceptors (Lipinski definition) is 11. The molecule has 0 aromatic carbocycles. The van der Waals surface area contributed by atoms with Crippen LogP contribution in [0.15, 0.2) is 28.0 Å². The Morgan fingerprint density at radius 2 is 1.85 bits per heavy atom. The highest BCUT2D eigenvalue weighted by atomic mass is 32.2. The fraction of sp³-hybridized carbons (Fsp3) is 0.462. The summed E-state index contributed by atoms with van der Waals surface area (Å²) in [4.78, 5) is 50.8. The number of aromatic nitrogens is 3. The number of thiophene rings is 1. The monoisotopic (exact) mass is 591 g/mol. The van der Waals surface area contributed by atoms with Crippen LogP contribution in [0.4, 0.5) is 5.00 Å². The Morgan fingerprint density at radius 1 is 1.12 bits per heavy atom. The predicted octanol–water partition coefficient (Wildman–Crippen LogP) is 4.44. The summed E-state index contributed by atoms with van der Waals surface area (Å²) in [6, 6.07) is 3.20. The molecule has 2 N–H and O–H groups in total. The van der Waals surface area contributed by atoms with E-state index < -0.39 is 23.1 Å². The third kappa shape index (κ3) is 7.50.